The van der Waals surface area contributed by atoms with Crippen LogP contribution < -0.4 is 4.72 Å². The number of nitro groups is 1. The third kappa shape index (κ3) is 9.94. The van der Waals surface area contributed by atoms with Crippen LogP contribution >= 0.6 is 0 Å². The lowest BCUT2D eigenvalue weighted by Crippen LogP contribution is -2.47. The molecule has 0 aromatic heterocycles. The molecule has 21 heteroatoms. The number of benzene rings is 2. The molecule has 0 spiro atoms. The van der Waals surface area contributed by atoms with E-state index < -0.39 is 131 Å². The fourth-order valence-corrected chi connectivity index (χ4v) is 11.7. The molecule has 2 unspecified atom stereocenters. The molecule has 63 heavy (non-hydrogen) atoms. The molecular weight excluding hydrogens is 866 g/mol. The molecular formula is C42H50FN5O13S2. The minimum atomic E-state index is -4.63. The van der Waals surface area contributed by atoms with Gasteiger partial charge in [-0.2, -0.15) is 4.31 Å². The van der Waals surface area contributed by atoms with Crippen LogP contribution in [0.2, 0.25) is 0 Å². The Kier molecular flexibility index (Phi) is 12.6. The largest absolute Gasteiger partial charge is 0.460 e. The molecule has 18 nitrogen and oxygen atoms in total. The maximum absolute atomic E-state index is 14.9. The number of nitrogens with one attached hydrogen (secondary N) is 1. The summed E-state index contributed by atoms with van der Waals surface area (Å²) in [5.74, 6) is -5.62. The van der Waals surface area contributed by atoms with Crippen LogP contribution in [0.25, 0.3) is 0 Å². The number of esters is 1. The van der Waals surface area contributed by atoms with Crippen molar-refractivity contribution < 1.29 is 59.6 Å². The highest BCUT2D eigenvalue weighted by atomic mass is 32.2. The van der Waals surface area contributed by atoms with E-state index >= 15 is 0 Å². The van der Waals surface area contributed by atoms with Crippen LogP contribution in [-0.4, -0.2) is 108 Å². The summed E-state index contributed by atoms with van der Waals surface area (Å²) < 4.78 is 83.6. The third-order valence-corrected chi connectivity index (χ3v) is 15.9. The molecule has 5 atom stereocenters. The summed E-state index contributed by atoms with van der Waals surface area (Å²) in [7, 11) is -8.68. The minimum absolute atomic E-state index is 0.0175. The van der Waals surface area contributed by atoms with Crippen molar-refractivity contribution in [3.8, 4) is 0 Å². The second-order valence-electron chi connectivity index (χ2n) is 17.9. The molecule has 2 aliphatic carbocycles. The Balaban J connectivity index is 1.24. The molecule has 3 fully saturated rings. The number of carbonyl (C=O) groups excluding carboxylic acids is 5. The van der Waals surface area contributed by atoms with E-state index in [2.05, 4.69) is 4.72 Å². The molecule has 2 saturated carbocycles. The second-order valence-corrected chi connectivity index (χ2v) is 21.8. The van der Waals surface area contributed by atoms with Crippen molar-refractivity contribution in [3.05, 3.63) is 81.7 Å². The van der Waals surface area contributed by atoms with Gasteiger partial charge in [-0.25, -0.2) is 26.0 Å². The van der Waals surface area contributed by atoms with Crippen LogP contribution in [-0.2, 0) is 61.8 Å². The highest BCUT2D eigenvalue weighted by molar-refractivity contribution is 7.91. The standard InChI is InChI=1S/C42H50FN5O13S2/c1-41(2,3)61-37(50)19-26-16-18-46(63(58,59)36-13-5-4-12-33(36)48(54)55)17-7-6-10-28-21-42(28,39(52)44-62(56,57)30-14-15-30)22-35(49)34-20-29(24-47(34)38(26)51)60-40(53)45-23-27-9-8-11-32(43)31(27)25-45/h4-6,8-13,26,28-30,34H,7,14-25H2,1-3H3,(H,44,52)/b10-6-/t26-,28-,29?,34?,42-/m1/s1. The van der Waals surface area contributed by atoms with Gasteiger partial charge in [-0.15, -0.1) is 0 Å². The third-order valence-electron chi connectivity index (χ3n) is 12.1. The Morgan fingerprint density at radius 3 is 2.41 bits per heavy atom. The number of ether oxygens (including phenoxy) is 2. The van der Waals surface area contributed by atoms with E-state index in [-0.39, 0.29) is 51.9 Å². The lowest BCUT2D eigenvalue weighted by atomic mass is 9.91. The van der Waals surface area contributed by atoms with Gasteiger partial charge in [0.05, 0.1) is 41.1 Å². The van der Waals surface area contributed by atoms with Gasteiger partial charge in [0, 0.05) is 50.0 Å². The number of nitro benzene ring substituents is 1. The maximum atomic E-state index is 14.9. The lowest BCUT2D eigenvalue weighted by molar-refractivity contribution is -0.387. The molecule has 340 valence electrons. The van der Waals surface area contributed by atoms with Gasteiger partial charge in [0.2, 0.25) is 31.9 Å². The van der Waals surface area contributed by atoms with E-state index in [0.29, 0.717) is 24.0 Å². The molecule has 7 rings (SSSR count). The van der Waals surface area contributed by atoms with E-state index in [1.54, 1.807) is 39.0 Å². The molecule has 2 aromatic rings. The Morgan fingerprint density at radius 1 is 1.00 bits per heavy atom. The predicted octanol–water partition coefficient (Wildman–Crippen LogP) is 4.12. The van der Waals surface area contributed by atoms with Gasteiger partial charge in [-0.3, -0.25) is 38.9 Å². The molecule has 0 bridgehead atoms. The number of Topliss-reactive ketones (excluding diaryl/α,β-unsaturated/α-hetero) is 1. The number of fused-ring (bicyclic) bond motifs is 3. The highest BCUT2D eigenvalue weighted by Crippen LogP contribution is 2.57. The lowest BCUT2D eigenvalue weighted by Gasteiger charge is -2.30. The van der Waals surface area contributed by atoms with E-state index in [1.807, 2.05) is 0 Å². The Morgan fingerprint density at radius 2 is 1.73 bits per heavy atom. The molecule has 3 amide bonds. The van der Waals surface area contributed by atoms with Crippen LogP contribution in [0.1, 0.15) is 83.3 Å². The first-order valence-corrected chi connectivity index (χ1v) is 23.8. The molecule has 1 saturated heterocycles. The molecule has 3 aliphatic heterocycles. The van der Waals surface area contributed by atoms with Crippen LogP contribution in [0, 0.1) is 33.2 Å². The van der Waals surface area contributed by atoms with Crippen molar-refractivity contribution in [2.24, 2.45) is 17.3 Å². The zero-order chi connectivity index (χ0) is 45.6. The first kappa shape index (κ1) is 45.7. The number of rotatable bonds is 9. The monoisotopic (exact) mass is 915 g/mol. The second kappa shape index (κ2) is 17.4. The van der Waals surface area contributed by atoms with Crippen molar-refractivity contribution in [2.75, 3.05) is 19.6 Å². The van der Waals surface area contributed by atoms with Crippen molar-refractivity contribution in [2.45, 2.75) is 113 Å². The SMILES string of the molecule is CC(C)(C)OC(=O)C[C@H]1CCN(S(=O)(=O)c2ccccc2[N+](=O)[O-])CC/C=C\[C@@H]2C[C@@]2(C(=O)NS(=O)(=O)C2CC2)CC(=O)C2CC(OC(=O)N3Cc4cccc(F)c4C3)CN2C1=O. The van der Waals surface area contributed by atoms with Gasteiger partial charge in [0.15, 0.2) is 10.7 Å². The summed E-state index contributed by atoms with van der Waals surface area (Å²) in [6.45, 7) is 3.80. The number of para-hydroxylation sites is 1. The molecule has 2 aromatic carbocycles. The van der Waals surface area contributed by atoms with Crippen molar-refractivity contribution in [3.63, 3.8) is 0 Å². The Hall–Kier alpha value is -5.28. The number of sulfonamides is 2. The summed E-state index contributed by atoms with van der Waals surface area (Å²) in [6.07, 6.45) is 0.439. The zero-order valence-corrected chi connectivity index (χ0v) is 36.7. The summed E-state index contributed by atoms with van der Waals surface area (Å²) in [4.78, 5) is 83.3. The van der Waals surface area contributed by atoms with E-state index in [9.17, 15) is 55.3 Å². The number of hydrogen-bond acceptors (Lipinski definition) is 13. The highest BCUT2D eigenvalue weighted by Gasteiger charge is 2.62. The zero-order valence-electron chi connectivity index (χ0n) is 35.1. The predicted molar refractivity (Wildman–Crippen MR) is 220 cm³/mol. The van der Waals surface area contributed by atoms with Crippen LogP contribution in [0.3, 0.4) is 0 Å². The fraction of sp³-hybridized carbons (Fsp3) is 0.548. The average molecular weight is 916 g/mol. The average Bonchev–Trinajstić information content (AvgIpc) is 4.09. The van der Waals surface area contributed by atoms with Gasteiger partial charge in [0.1, 0.15) is 17.5 Å². The van der Waals surface area contributed by atoms with E-state index in [0.717, 1.165) is 21.3 Å². The number of allylic oxidation sites excluding steroid dienone is 1. The van der Waals surface area contributed by atoms with Crippen LogP contribution in [0.15, 0.2) is 59.5 Å². The number of carbonyl (C=O) groups is 5. The molecule has 0 radical (unpaired) electrons. The van der Waals surface area contributed by atoms with Crippen molar-refractivity contribution >= 4 is 55.4 Å². The fourth-order valence-electron chi connectivity index (χ4n) is 8.64. The number of ketones is 1. The first-order chi connectivity index (χ1) is 29.6. The van der Waals surface area contributed by atoms with Crippen LogP contribution in [0.5, 0.6) is 0 Å². The molecule has 5 aliphatic rings. The summed E-state index contributed by atoms with van der Waals surface area (Å²) >= 11 is 0. The van der Waals surface area contributed by atoms with Gasteiger partial charge in [-0.05, 0) is 76.5 Å². The van der Waals surface area contributed by atoms with Crippen molar-refractivity contribution in [1.82, 2.24) is 18.8 Å². The molecule has 1 N–H and O–H groups in total. The van der Waals surface area contributed by atoms with E-state index in [4.69, 9.17) is 9.47 Å². The Bertz CT molecular complexity index is 2470. The number of amides is 3. The normalized spacial score (nSPS) is 26.3. The summed E-state index contributed by atoms with van der Waals surface area (Å²) in [6, 6.07) is 7.92. The summed E-state index contributed by atoms with van der Waals surface area (Å²) in [5.41, 5.74) is -2.32. The Labute approximate surface area is 364 Å². The van der Waals surface area contributed by atoms with Gasteiger partial charge >= 0.3 is 12.1 Å². The van der Waals surface area contributed by atoms with Crippen molar-refractivity contribution in [1.29, 1.82) is 0 Å². The van der Waals surface area contributed by atoms with Gasteiger partial charge in [0.25, 0.3) is 5.69 Å². The first-order valence-electron chi connectivity index (χ1n) is 20.8. The van der Waals surface area contributed by atoms with Gasteiger partial charge in [-0.1, -0.05) is 36.4 Å². The smallest absolute Gasteiger partial charge is 0.410 e. The quantitative estimate of drug-likeness (QED) is 0.162. The van der Waals surface area contributed by atoms with E-state index in [1.165, 1.54) is 29.2 Å². The number of nitrogens with zero attached hydrogens (tertiary/aromatic N) is 4. The minimum Gasteiger partial charge on any atom is -0.460 e. The van der Waals surface area contributed by atoms with Gasteiger partial charge < -0.3 is 14.4 Å². The number of hydrogen-bond donors (Lipinski definition) is 1. The van der Waals surface area contributed by atoms with Crippen LogP contribution in [0.4, 0.5) is 14.9 Å². The maximum Gasteiger partial charge on any atom is 0.410 e. The molecule has 3 heterocycles. The number of halogens is 1. The topological polar surface area (TPSA) is 237 Å². The summed E-state index contributed by atoms with van der Waals surface area (Å²) in [5, 5.41) is 11.2.